The number of allylic oxidation sites excluding steroid dienone is 1. The SMILES string of the molecule is CCOC(=O)[C@@]12CCC=C1OC(C(=O)OC)C2. The summed E-state index contributed by atoms with van der Waals surface area (Å²) in [7, 11) is 1.31. The maximum Gasteiger partial charge on any atom is 0.347 e. The number of rotatable bonds is 3. The number of fused-ring (bicyclic) bond motifs is 1. The van der Waals surface area contributed by atoms with E-state index >= 15 is 0 Å². The number of hydrogen-bond donors (Lipinski definition) is 0. The number of ether oxygens (including phenoxy) is 3. The van der Waals surface area contributed by atoms with Crippen LogP contribution in [0.15, 0.2) is 11.8 Å². The van der Waals surface area contributed by atoms with E-state index in [0.717, 1.165) is 6.42 Å². The highest BCUT2D eigenvalue weighted by Gasteiger charge is 2.56. The van der Waals surface area contributed by atoms with Gasteiger partial charge in [0, 0.05) is 6.42 Å². The summed E-state index contributed by atoms with van der Waals surface area (Å²) in [6.45, 7) is 2.09. The lowest BCUT2D eigenvalue weighted by molar-refractivity contribution is -0.153. The molecule has 2 rings (SSSR count). The Morgan fingerprint density at radius 1 is 1.59 bits per heavy atom. The topological polar surface area (TPSA) is 61.8 Å². The van der Waals surface area contributed by atoms with Crippen molar-refractivity contribution in [2.24, 2.45) is 5.41 Å². The zero-order valence-electron chi connectivity index (χ0n) is 10.0. The average molecular weight is 240 g/mol. The summed E-state index contributed by atoms with van der Waals surface area (Å²) in [6.07, 6.45) is 2.93. The molecule has 1 heterocycles. The number of esters is 2. The van der Waals surface area contributed by atoms with Crippen molar-refractivity contribution in [3.63, 3.8) is 0 Å². The molecule has 0 radical (unpaired) electrons. The molecule has 0 N–H and O–H groups in total. The first-order chi connectivity index (χ1) is 8.14. The lowest BCUT2D eigenvalue weighted by Crippen LogP contribution is -2.32. The first-order valence-corrected chi connectivity index (χ1v) is 5.76. The minimum atomic E-state index is -0.755. The fourth-order valence-electron chi connectivity index (χ4n) is 2.46. The Labute approximate surface area is 99.7 Å². The summed E-state index contributed by atoms with van der Waals surface area (Å²) >= 11 is 0. The molecule has 0 spiro atoms. The van der Waals surface area contributed by atoms with Crippen LogP contribution in [0.1, 0.15) is 26.2 Å². The molecule has 2 aliphatic rings. The van der Waals surface area contributed by atoms with E-state index in [2.05, 4.69) is 4.74 Å². The van der Waals surface area contributed by atoms with Crippen LogP contribution in [-0.2, 0) is 23.8 Å². The molecule has 1 saturated heterocycles. The molecule has 0 saturated carbocycles. The van der Waals surface area contributed by atoms with Crippen molar-refractivity contribution in [2.45, 2.75) is 32.3 Å². The third-order valence-electron chi connectivity index (χ3n) is 3.31. The van der Waals surface area contributed by atoms with E-state index in [-0.39, 0.29) is 5.97 Å². The van der Waals surface area contributed by atoms with E-state index in [1.54, 1.807) is 6.92 Å². The first-order valence-electron chi connectivity index (χ1n) is 5.76. The quantitative estimate of drug-likeness (QED) is 0.693. The van der Waals surface area contributed by atoms with Gasteiger partial charge in [-0.1, -0.05) is 0 Å². The zero-order valence-corrected chi connectivity index (χ0v) is 10.0. The zero-order chi connectivity index (χ0) is 12.5. The number of hydrogen-bond acceptors (Lipinski definition) is 5. The summed E-state index contributed by atoms with van der Waals surface area (Å²) in [5, 5.41) is 0. The summed E-state index contributed by atoms with van der Waals surface area (Å²) in [4.78, 5) is 23.5. The Bertz CT molecular complexity index is 373. The molecule has 1 unspecified atom stereocenters. The van der Waals surface area contributed by atoms with Gasteiger partial charge < -0.3 is 14.2 Å². The van der Waals surface area contributed by atoms with E-state index < -0.39 is 17.5 Å². The monoisotopic (exact) mass is 240 g/mol. The van der Waals surface area contributed by atoms with Crippen molar-refractivity contribution in [1.29, 1.82) is 0 Å². The van der Waals surface area contributed by atoms with E-state index in [1.165, 1.54) is 7.11 Å². The molecule has 0 aromatic rings. The predicted molar refractivity (Wildman–Crippen MR) is 57.9 cm³/mol. The number of carbonyl (C=O) groups is 2. The molecule has 0 aromatic heterocycles. The molecule has 2 atom stereocenters. The van der Waals surface area contributed by atoms with Gasteiger partial charge in [-0.2, -0.15) is 0 Å². The van der Waals surface area contributed by atoms with Crippen molar-refractivity contribution in [1.82, 2.24) is 0 Å². The van der Waals surface area contributed by atoms with Crippen LogP contribution >= 0.6 is 0 Å². The van der Waals surface area contributed by atoms with Gasteiger partial charge in [0.05, 0.1) is 13.7 Å². The van der Waals surface area contributed by atoms with Crippen molar-refractivity contribution in [3.8, 4) is 0 Å². The van der Waals surface area contributed by atoms with Gasteiger partial charge >= 0.3 is 11.9 Å². The van der Waals surface area contributed by atoms with Gasteiger partial charge in [-0.15, -0.1) is 0 Å². The van der Waals surface area contributed by atoms with Crippen LogP contribution in [0.25, 0.3) is 0 Å². The van der Waals surface area contributed by atoms with E-state index in [1.807, 2.05) is 6.08 Å². The highest BCUT2D eigenvalue weighted by molar-refractivity contribution is 5.84. The second-order valence-corrected chi connectivity index (χ2v) is 4.24. The van der Waals surface area contributed by atoms with Crippen LogP contribution in [0.3, 0.4) is 0 Å². The fourth-order valence-corrected chi connectivity index (χ4v) is 2.46. The molecule has 1 fully saturated rings. The summed E-state index contributed by atoms with van der Waals surface area (Å²) in [5.41, 5.74) is -0.755. The van der Waals surface area contributed by atoms with E-state index in [4.69, 9.17) is 9.47 Å². The Morgan fingerprint density at radius 2 is 2.35 bits per heavy atom. The first kappa shape index (κ1) is 12.0. The third-order valence-corrected chi connectivity index (χ3v) is 3.31. The van der Waals surface area contributed by atoms with Gasteiger partial charge in [-0.05, 0) is 25.8 Å². The normalized spacial score (nSPS) is 30.2. The van der Waals surface area contributed by atoms with Gasteiger partial charge in [-0.25, -0.2) is 4.79 Å². The molecule has 17 heavy (non-hydrogen) atoms. The molecule has 1 aliphatic heterocycles. The van der Waals surface area contributed by atoms with Crippen LogP contribution in [0.4, 0.5) is 0 Å². The van der Waals surface area contributed by atoms with Gasteiger partial charge in [0.25, 0.3) is 0 Å². The second-order valence-electron chi connectivity index (χ2n) is 4.24. The van der Waals surface area contributed by atoms with Gasteiger partial charge in [-0.3, -0.25) is 4.79 Å². The predicted octanol–water partition coefficient (Wildman–Crippen LogP) is 1.18. The van der Waals surface area contributed by atoms with Crippen LogP contribution in [0.5, 0.6) is 0 Å². The smallest absolute Gasteiger partial charge is 0.347 e. The van der Waals surface area contributed by atoms with E-state index in [0.29, 0.717) is 25.2 Å². The minimum Gasteiger partial charge on any atom is -0.482 e. The molecule has 5 nitrogen and oxygen atoms in total. The molecule has 0 aromatic carbocycles. The molecule has 0 amide bonds. The van der Waals surface area contributed by atoms with Gasteiger partial charge in [0.1, 0.15) is 11.2 Å². The van der Waals surface area contributed by atoms with Crippen LogP contribution in [0, 0.1) is 5.41 Å². The maximum atomic E-state index is 12.0. The van der Waals surface area contributed by atoms with Gasteiger partial charge in [0.2, 0.25) is 0 Å². The molecule has 0 bridgehead atoms. The Balaban J connectivity index is 2.19. The van der Waals surface area contributed by atoms with Crippen molar-refractivity contribution in [3.05, 3.63) is 11.8 Å². The third kappa shape index (κ3) is 1.79. The second kappa shape index (κ2) is 4.39. The maximum absolute atomic E-state index is 12.0. The average Bonchev–Trinajstić information content (AvgIpc) is 2.85. The van der Waals surface area contributed by atoms with E-state index in [9.17, 15) is 9.59 Å². The highest BCUT2D eigenvalue weighted by Crippen LogP contribution is 2.50. The standard InChI is InChI=1S/C12H16O5/c1-3-16-11(14)12-6-4-5-9(12)17-8(7-12)10(13)15-2/h5,8H,3-4,6-7H2,1-2H3/t8?,12-/m1/s1. The van der Waals surface area contributed by atoms with Crippen LogP contribution in [0.2, 0.25) is 0 Å². The largest absolute Gasteiger partial charge is 0.482 e. The van der Waals surface area contributed by atoms with Crippen molar-refractivity contribution in [2.75, 3.05) is 13.7 Å². The summed E-state index contributed by atoms with van der Waals surface area (Å²) < 4.78 is 15.2. The molecule has 5 heteroatoms. The lowest BCUT2D eigenvalue weighted by Gasteiger charge is -2.21. The Morgan fingerprint density at radius 3 is 3.00 bits per heavy atom. The van der Waals surface area contributed by atoms with Crippen molar-refractivity contribution >= 4 is 11.9 Å². The Hall–Kier alpha value is -1.52. The molecule has 94 valence electrons. The Kier molecular flexibility index (Phi) is 3.09. The van der Waals surface area contributed by atoms with Crippen LogP contribution < -0.4 is 0 Å². The van der Waals surface area contributed by atoms with Gasteiger partial charge in [0.15, 0.2) is 6.10 Å². The molecular weight excluding hydrogens is 224 g/mol. The fraction of sp³-hybridized carbons (Fsp3) is 0.667. The molecule has 1 aliphatic carbocycles. The number of carbonyl (C=O) groups excluding carboxylic acids is 2. The van der Waals surface area contributed by atoms with Crippen LogP contribution in [-0.4, -0.2) is 31.8 Å². The number of methoxy groups -OCH3 is 1. The highest BCUT2D eigenvalue weighted by atomic mass is 16.6. The summed E-state index contributed by atoms with van der Waals surface area (Å²) in [6, 6.07) is 0. The molecular formula is C12H16O5. The minimum absolute atomic E-state index is 0.296. The van der Waals surface area contributed by atoms with Crippen molar-refractivity contribution < 1.29 is 23.8 Å². The summed E-state index contributed by atoms with van der Waals surface area (Å²) in [5.74, 6) is -0.162. The lowest BCUT2D eigenvalue weighted by atomic mass is 9.82.